The minimum Gasteiger partial charge on any atom is -0.342 e. The standard InChI is InChI=1S/C16H16N4S/c1-2-4-15-12(3-1)18-16(21-15)19-8-7-14-13(9-19)17-10-20(14)11-5-6-11/h1-4,10-11H,5-9H2. The zero-order chi connectivity index (χ0) is 13.8. The summed E-state index contributed by atoms with van der Waals surface area (Å²) >= 11 is 1.78. The summed E-state index contributed by atoms with van der Waals surface area (Å²) in [5.74, 6) is 0. The molecule has 2 aromatic heterocycles. The second-order valence-electron chi connectivity index (χ2n) is 5.91. The van der Waals surface area contributed by atoms with Gasteiger partial charge in [0.05, 0.1) is 28.8 Å². The van der Waals surface area contributed by atoms with E-state index < -0.39 is 0 Å². The molecule has 3 heterocycles. The molecule has 5 rings (SSSR count). The van der Waals surface area contributed by atoms with Crippen molar-refractivity contribution >= 4 is 26.7 Å². The lowest BCUT2D eigenvalue weighted by molar-refractivity contribution is 0.641. The molecule has 1 aliphatic carbocycles. The number of fused-ring (bicyclic) bond motifs is 2. The van der Waals surface area contributed by atoms with Gasteiger partial charge in [0.1, 0.15) is 0 Å². The summed E-state index contributed by atoms with van der Waals surface area (Å²) in [6.45, 7) is 1.94. The molecule has 2 aliphatic rings. The number of hydrogen-bond donors (Lipinski definition) is 0. The number of hydrogen-bond acceptors (Lipinski definition) is 4. The second kappa shape index (κ2) is 4.31. The molecule has 0 saturated heterocycles. The Morgan fingerprint density at radius 2 is 2.10 bits per heavy atom. The van der Waals surface area contributed by atoms with Crippen molar-refractivity contribution in [2.75, 3.05) is 11.4 Å². The summed E-state index contributed by atoms with van der Waals surface area (Å²) in [6.07, 6.45) is 5.78. The lowest BCUT2D eigenvalue weighted by Crippen LogP contribution is -2.31. The number of imidazole rings is 1. The van der Waals surface area contributed by atoms with Gasteiger partial charge in [0, 0.05) is 24.7 Å². The fourth-order valence-electron chi connectivity index (χ4n) is 3.16. The van der Waals surface area contributed by atoms with Crippen LogP contribution in [0.4, 0.5) is 5.13 Å². The molecule has 106 valence electrons. The molecule has 5 heteroatoms. The van der Waals surface area contributed by atoms with Crippen LogP contribution >= 0.6 is 11.3 Å². The molecule has 21 heavy (non-hydrogen) atoms. The second-order valence-corrected chi connectivity index (χ2v) is 6.92. The lowest BCUT2D eigenvalue weighted by Gasteiger charge is -2.26. The van der Waals surface area contributed by atoms with E-state index in [0.717, 1.165) is 36.2 Å². The van der Waals surface area contributed by atoms with Gasteiger partial charge < -0.3 is 9.47 Å². The van der Waals surface area contributed by atoms with Crippen molar-refractivity contribution in [2.45, 2.75) is 31.8 Å². The van der Waals surface area contributed by atoms with Gasteiger partial charge in [0.25, 0.3) is 0 Å². The van der Waals surface area contributed by atoms with E-state index in [0.29, 0.717) is 0 Å². The van der Waals surface area contributed by atoms with Gasteiger partial charge in [0.2, 0.25) is 0 Å². The number of rotatable bonds is 2. The maximum absolute atomic E-state index is 4.77. The summed E-state index contributed by atoms with van der Waals surface area (Å²) in [5, 5.41) is 1.13. The van der Waals surface area contributed by atoms with Crippen LogP contribution in [-0.4, -0.2) is 21.1 Å². The molecule has 0 amide bonds. The summed E-state index contributed by atoms with van der Waals surface area (Å²) in [4.78, 5) is 11.8. The molecular formula is C16H16N4S. The van der Waals surface area contributed by atoms with Gasteiger partial charge in [-0.05, 0) is 25.0 Å². The van der Waals surface area contributed by atoms with Crippen molar-refractivity contribution in [2.24, 2.45) is 0 Å². The van der Waals surface area contributed by atoms with Gasteiger partial charge in [-0.3, -0.25) is 0 Å². The average Bonchev–Trinajstić information content (AvgIpc) is 3.13. The quantitative estimate of drug-likeness (QED) is 0.727. The van der Waals surface area contributed by atoms with Crippen LogP contribution in [0.1, 0.15) is 30.3 Å². The molecule has 1 fully saturated rings. The minimum absolute atomic E-state index is 0.732. The SMILES string of the molecule is c1ccc2sc(N3CCc4c(ncn4C4CC4)C3)nc2c1. The first-order chi connectivity index (χ1) is 10.4. The van der Waals surface area contributed by atoms with E-state index in [1.165, 1.54) is 28.9 Å². The average molecular weight is 296 g/mol. The van der Waals surface area contributed by atoms with E-state index in [2.05, 4.69) is 38.7 Å². The van der Waals surface area contributed by atoms with Crippen molar-refractivity contribution in [3.05, 3.63) is 42.0 Å². The highest BCUT2D eigenvalue weighted by atomic mass is 32.1. The van der Waals surface area contributed by atoms with E-state index in [-0.39, 0.29) is 0 Å². The zero-order valence-corrected chi connectivity index (χ0v) is 12.5. The normalized spacial score (nSPS) is 18.2. The maximum atomic E-state index is 4.77. The molecule has 1 aromatic carbocycles. The monoisotopic (exact) mass is 296 g/mol. The Hall–Kier alpha value is -1.88. The van der Waals surface area contributed by atoms with Crippen molar-refractivity contribution in [1.82, 2.24) is 14.5 Å². The Kier molecular flexibility index (Phi) is 2.41. The Morgan fingerprint density at radius 1 is 1.19 bits per heavy atom. The van der Waals surface area contributed by atoms with Crippen LogP contribution < -0.4 is 4.90 Å². The van der Waals surface area contributed by atoms with Gasteiger partial charge in [-0.2, -0.15) is 0 Å². The van der Waals surface area contributed by atoms with Crippen LogP contribution in [0.5, 0.6) is 0 Å². The third kappa shape index (κ3) is 1.87. The number of nitrogens with zero attached hydrogens (tertiary/aromatic N) is 4. The topological polar surface area (TPSA) is 34.0 Å². The molecular weight excluding hydrogens is 280 g/mol. The van der Waals surface area contributed by atoms with Crippen LogP contribution in [0.15, 0.2) is 30.6 Å². The van der Waals surface area contributed by atoms with Crippen LogP contribution in [0.2, 0.25) is 0 Å². The maximum Gasteiger partial charge on any atom is 0.186 e. The highest BCUT2D eigenvalue weighted by molar-refractivity contribution is 7.22. The number of benzene rings is 1. The number of para-hydroxylation sites is 1. The van der Waals surface area contributed by atoms with Gasteiger partial charge in [-0.1, -0.05) is 23.5 Å². The molecule has 1 saturated carbocycles. The van der Waals surface area contributed by atoms with Crippen LogP contribution in [-0.2, 0) is 13.0 Å². The van der Waals surface area contributed by atoms with Crippen LogP contribution in [0, 0.1) is 0 Å². The summed E-state index contributed by atoms with van der Waals surface area (Å²) in [5.41, 5.74) is 3.80. The van der Waals surface area contributed by atoms with Crippen LogP contribution in [0.25, 0.3) is 10.2 Å². The van der Waals surface area contributed by atoms with E-state index in [1.807, 2.05) is 6.33 Å². The first-order valence-electron chi connectivity index (χ1n) is 7.53. The first-order valence-corrected chi connectivity index (χ1v) is 8.35. The smallest absolute Gasteiger partial charge is 0.186 e. The third-order valence-corrected chi connectivity index (χ3v) is 5.53. The molecule has 0 radical (unpaired) electrons. The van der Waals surface area contributed by atoms with Gasteiger partial charge in [-0.15, -0.1) is 0 Å². The van der Waals surface area contributed by atoms with Gasteiger partial charge >= 0.3 is 0 Å². The predicted molar refractivity (Wildman–Crippen MR) is 84.9 cm³/mol. The molecule has 0 unspecified atom stereocenters. The number of aromatic nitrogens is 3. The Balaban J connectivity index is 1.48. The fourth-order valence-corrected chi connectivity index (χ4v) is 4.15. The fraction of sp³-hybridized carbons (Fsp3) is 0.375. The number of anilines is 1. The summed E-state index contributed by atoms with van der Waals surface area (Å²) < 4.78 is 3.67. The first kappa shape index (κ1) is 11.7. The summed E-state index contributed by atoms with van der Waals surface area (Å²) in [7, 11) is 0. The largest absolute Gasteiger partial charge is 0.342 e. The summed E-state index contributed by atoms with van der Waals surface area (Å²) in [6, 6.07) is 9.10. The Morgan fingerprint density at radius 3 is 2.95 bits per heavy atom. The van der Waals surface area contributed by atoms with Crippen molar-refractivity contribution in [1.29, 1.82) is 0 Å². The van der Waals surface area contributed by atoms with E-state index in [9.17, 15) is 0 Å². The molecule has 0 bridgehead atoms. The van der Waals surface area contributed by atoms with E-state index in [4.69, 9.17) is 4.98 Å². The van der Waals surface area contributed by atoms with Crippen LogP contribution in [0.3, 0.4) is 0 Å². The third-order valence-electron chi connectivity index (χ3n) is 4.44. The van der Waals surface area contributed by atoms with Crippen molar-refractivity contribution in [3.63, 3.8) is 0 Å². The van der Waals surface area contributed by atoms with Gasteiger partial charge in [0.15, 0.2) is 5.13 Å². The molecule has 4 nitrogen and oxygen atoms in total. The highest BCUT2D eigenvalue weighted by Gasteiger charge is 2.30. The van der Waals surface area contributed by atoms with Gasteiger partial charge in [-0.25, -0.2) is 9.97 Å². The Labute approximate surface area is 127 Å². The molecule has 1 aliphatic heterocycles. The van der Waals surface area contributed by atoms with E-state index >= 15 is 0 Å². The molecule has 3 aromatic rings. The Bertz CT molecular complexity index is 782. The molecule has 0 spiro atoms. The zero-order valence-electron chi connectivity index (χ0n) is 11.7. The predicted octanol–water partition coefficient (Wildman–Crippen LogP) is 3.39. The highest BCUT2D eigenvalue weighted by Crippen LogP contribution is 2.38. The number of thiazole rings is 1. The minimum atomic E-state index is 0.732. The molecule has 0 N–H and O–H groups in total. The van der Waals surface area contributed by atoms with E-state index in [1.54, 1.807) is 11.3 Å². The molecule has 0 atom stereocenters. The lowest BCUT2D eigenvalue weighted by atomic mass is 10.1. The van der Waals surface area contributed by atoms with Crippen molar-refractivity contribution in [3.8, 4) is 0 Å². The van der Waals surface area contributed by atoms with Crippen molar-refractivity contribution < 1.29 is 0 Å².